The van der Waals surface area contributed by atoms with Gasteiger partial charge in [-0.25, -0.2) is 4.39 Å². The molecule has 0 fully saturated rings. The number of aromatic nitrogens is 1. The lowest BCUT2D eigenvalue weighted by atomic mass is 10.2. The lowest BCUT2D eigenvalue weighted by Crippen LogP contribution is -2.14. The Balaban J connectivity index is 1.90. The van der Waals surface area contributed by atoms with E-state index in [1.807, 2.05) is 12.1 Å². The average Bonchev–Trinajstić information content (AvgIpc) is 2.50. The second-order valence-electron chi connectivity index (χ2n) is 4.69. The van der Waals surface area contributed by atoms with Gasteiger partial charge in [0, 0.05) is 17.1 Å². The first-order valence-corrected chi connectivity index (χ1v) is 7.29. The van der Waals surface area contributed by atoms with Crippen LogP contribution in [0.4, 0.5) is 4.39 Å². The van der Waals surface area contributed by atoms with Gasteiger partial charge in [0.05, 0.1) is 11.9 Å². The van der Waals surface area contributed by atoms with Gasteiger partial charge in [-0.15, -0.1) is 0 Å². The molecule has 1 heterocycles. The molecule has 1 N–H and O–H groups in total. The Labute approximate surface area is 129 Å². The molecule has 0 aliphatic rings. The maximum absolute atomic E-state index is 13.5. The smallest absolute Gasteiger partial charge is 0.138 e. The topological polar surface area (TPSA) is 34.1 Å². The average molecular weight is 309 g/mol. The molecule has 2 rings (SSSR count). The van der Waals surface area contributed by atoms with Crippen molar-refractivity contribution < 1.29 is 9.13 Å². The first-order chi connectivity index (χ1) is 10.2. The number of ether oxygens (including phenoxy) is 1. The van der Waals surface area contributed by atoms with E-state index in [1.165, 1.54) is 12.1 Å². The van der Waals surface area contributed by atoms with Gasteiger partial charge >= 0.3 is 0 Å². The van der Waals surface area contributed by atoms with Crippen LogP contribution >= 0.6 is 11.6 Å². The van der Waals surface area contributed by atoms with Crippen molar-refractivity contribution in [1.82, 2.24) is 10.3 Å². The summed E-state index contributed by atoms with van der Waals surface area (Å²) in [5.74, 6) is 0.279. The van der Waals surface area contributed by atoms with E-state index in [2.05, 4.69) is 17.2 Å². The fraction of sp³-hybridized carbons (Fsp3) is 0.312. The van der Waals surface area contributed by atoms with Crippen molar-refractivity contribution in [2.75, 3.05) is 6.54 Å². The van der Waals surface area contributed by atoms with Gasteiger partial charge < -0.3 is 10.1 Å². The Kier molecular flexibility index (Phi) is 5.96. The van der Waals surface area contributed by atoms with Crippen LogP contribution in [-0.2, 0) is 13.2 Å². The quantitative estimate of drug-likeness (QED) is 0.786. The Morgan fingerprint density at radius 1 is 1.29 bits per heavy atom. The van der Waals surface area contributed by atoms with Crippen molar-refractivity contribution in [3.8, 4) is 5.75 Å². The minimum absolute atomic E-state index is 0.126. The predicted octanol–water partition coefficient (Wildman–Crippen LogP) is 3.95. The van der Waals surface area contributed by atoms with E-state index >= 15 is 0 Å². The first kappa shape index (κ1) is 15.7. The third-order valence-electron chi connectivity index (χ3n) is 2.93. The molecule has 112 valence electrons. The highest BCUT2D eigenvalue weighted by Crippen LogP contribution is 2.17. The molecule has 1 aromatic carbocycles. The molecule has 0 saturated carbocycles. The fourth-order valence-corrected chi connectivity index (χ4v) is 2.00. The number of nitrogens with zero attached hydrogens (tertiary/aromatic N) is 1. The van der Waals surface area contributed by atoms with Crippen LogP contribution < -0.4 is 10.1 Å². The number of hydrogen-bond acceptors (Lipinski definition) is 3. The molecule has 0 unspecified atom stereocenters. The zero-order valence-corrected chi connectivity index (χ0v) is 12.7. The Bertz CT molecular complexity index is 575. The zero-order chi connectivity index (χ0) is 15.1. The summed E-state index contributed by atoms with van der Waals surface area (Å²) in [5.41, 5.74) is 1.38. The summed E-state index contributed by atoms with van der Waals surface area (Å²) >= 11 is 5.84. The molecule has 3 nitrogen and oxygen atoms in total. The van der Waals surface area contributed by atoms with E-state index in [0.29, 0.717) is 16.3 Å². The Hall–Kier alpha value is -1.65. The van der Waals surface area contributed by atoms with Crippen molar-refractivity contribution in [3.63, 3.8) is 0 Å². The highest BCUT2D eigenvalue weighted by atomic mass is 35.5. The van der Waals surface area contributed by atoms with Crippen molar-refractivity contribution >= 4 is 11.6 Å². The fourth-order valence-electron chi connectivity index (χ4n) is 1.81. The third kappa shape index (κ3) is 4.99. The molecular weight excluding hydrogens is 291 g/mol. The van der Waals surface area contributed by atoms with Crippen molar-refractivity contribution in [2.45, 2.75) is 26.5 Å². The van der Waals surface area contributed by atoms with E-state index in [9.17, 15) is 4.39 Å². The predicted molar refractivity (Wildman–Crippen MR) is 82.0 cm³/mol. The van der Waals surface area contributed by atoms with Gasteiger partial charge in [-0.3, -0.25) is 4.98 Å². The summed E-state index contributed by atoms with van der Waals surface area (Å²) in [6.07, 6.45) is 2.73. The monoisotopic (exact) mass is 308 g/mol. The molecule has 1 aromatic heterocycles. The van der Waals surface area contributed by atoms with Gasteiger partial charge in [0.1, 0.15) is 18.2 Å². The second kappa shape index (κ2) is 7.96. The lowest BCUT2D eigenvalue weighted by molar-refractivity contribution is 0.298. The van der Waals surface area contributed by atoms with Gasteiger partial charge in [-0.1, -0.05) is 18.5 Å². The second-order valence-corrected chi connectivity index (χ2v) is 5.12. The van der Waals surface area contributed by atoms with E-state index < -0.39 is 0 Å². The number of rotatable bonds is 7. The summed E-state index contributed by atoms with van der Waals surface area (Å²) in [5, 5.41) is 3.77. The summed E-state index contributed by atoms with van der Waals surface area (Å²) < 4.78 is 19.1. The number of hydrogen-bond donors (Lipinski definition) is 1. The number of benzene rings is 1. The number of nitrogens with one attached hydrogen (secondary N) is 1. The molecule has 5 heteroatoms. The largest absolute Gasteiger partial charge is 0.487 e. The van der Waals surface area contributed by atoms with Crippen molar-refractivity contribution in [1.29, 1.82) is 0 Å². The highest BCUT2D eigenvalue weighted by molar-refractivity contribution is 6.30. The molecule has 0 aliphatic carbocycles. The van der Waals surface area contributed by atoms with Crippen LogP contribution in [0.1, 0.15) is 24.6 Å². The van der Waals surface area contributed by atoms with Crippen LogP contribution in [0.3, 0.4) is 0 Å². The molecule has 0 radical (unpaired) electrons. The standard InChI is InChI=1S/C16H18ClFN2O/c1-2-7-19-9-14-4-5-15(10-20-14)21-11-12-8-13(17)3-6-16(12)18/h3-6,8,10,19H,2,7,9,11H2,1H3. The van der Waals surface area contributed by atoms with Crippen LogP contribution in [0, 0.1) is 5.82 Å². The number of pyridine rings is 1. The van der Waals surface area contributed by atoms with Gasteiger partial charge in [0.2, 0.25) is 0 Å². The summed E-state index contributed by atoms with van der Waals surface area (Å²) in [7, 11) is 0. The van der Waals surface area contributed by atoms with E-state index in [1.54, 1.807) is 12.3 Å². The van der Waals surface area contributed by atoms with Crippen LogP contribution in [-0.4, -0.2) is 11.5 Å². The molecular formula is C16H18ClFN2O. The molecule has 0 spiro atoms. The molecule has 0 amide bonds. The first-order valence-electron chi connectivity index (χ1n) is 6.91. The van der Waals surface area contributed by atoms with Crippen molar-refractivity contribution in [3.05, 3.63) is 58.6 Å². The molecule has 0 aliphatic heterocycles. The number of halogens is 2. The summed E-state index contributed by atoms with van der Waals surface area (Å²) in [4.78, 5) is 4.30. The van der Waals surface area contributed by atoms with Gasteiger partial charge in [0.25, 0.3) is 0 Å². The Morgan fingerprint density at radius 3 is 2.86 bits per heavy atom. The lowest BCUT2D eigenvalue weighted by Gasteiger charge is -2.08. The SMILES string of the molecule is CCCNCc1ccc(OCc2cc(Cl)ccc2F)cn1. The molecule has 0 atom stereocenters. The van der Waals surface area contributed by atoms with Gasteiger partial charge in [-0.05, 0) is 43.3 Å². The van der Waals surface area contributed by atoms with Crippen LogP contribution in [0.25, 0.3) is 0 Å². The van der Waals surface area contributed by atoms with Crippen molar-refractivity contribution in [2.24, 2.45) is 0 Å². The Morgan fingerprint density at radius 2 is 2.14 bits per heavy atom. The zero-order valence-electron chi connectivity index (χ0n) is 11.9. The minimum Gasteiger partial charge on any atom is -0.487 e. The van der Waals surface area contributed by atoms with Gasteiger partial charge in [-0.2, -0.15) is 0 Å². The molecule has 0 bridgehead atoms. The maximum Gasteiger partial charge on any atom is 0.138 e. The minimum atomic E-state index is -0.326. The molecule has 0 saturated heterocycles. The maximum atomic E-state index is 13.5. The molecule has 2 aromatic rings. The highest BCUT2D eigenvalue weighted by Gasteiger charge is 2.04. The molecule has 21 heavy (non-hydrogen) atoms. The van der Waals surface area contributed by atoms with E-state index in [4.69, 9.17) is 16.3 Å². The summed E-state index contributed by atoms with van der Waals surface area (Å²) in [6.45, 7) is 3.94. The van der Waals surface area contributed by atoms with Crippen LogP contribution in [0.15, 0.2) is 36.5 Å². The van der Waals surface area contributed by atoms with Crippen LogP contribution in [0.2, 0.25) is 5.02 Å². The normalized spacial score (nSPS) is 10.6. The van der Waals surface area contributed by atoms with Crippen LogP contribution in [0.5, 0.6) is 5.75 Å². The third-order valence-corrected chi connectivity index (χ3v) is 3.17. The summed E-state index contributed by atoms with van der Waals surface area (Å²) in [6, 6.07) is 8.14. The van der Waals surface area contributed by atoms with E-state index in [-0.39, 0.29) is 12.4 Å². The van der Waals surface area contributed by atoms with Gasteiger partial charge in [0.15, 0.2) is 0 Å². The van der Waals surface area contributed by atoms with E-state index in [0.717, 1.165) is 25.2 Å².